The third-order valence-corrected chi connectivity index (χ3v) is 5.59. The van der Waals surface area contributed by atoms with Crippen molar-refractivity contribution < 1.29 is 13.6 Å². The lowest BCUT2D eigenvalue weighted by Gasteiger charge is -2.12. The molecule has 0 saturated carbocycles. The maximum atomic E-state index is 14.6. The molecule has 0 aromatic heterocycles. The molecule has 2 aromatic rings. The van der Waals surface area contributed by atoms with Crippen LogP contribution in [0.4, 0.5) is 8.78 Å². The molecule has 0 saturated heterocycles. The first kappa shape index (κ1) is 20.2. The number of carbonyl (C=O) groups excluding carboxylic acids is 1. The van der Waals surface area contributed by atoms with Crippen LogP contribution in [0.5, 0.6) is 0 Å². The lowest BCUT2D eigenvalue weighted by molar-refractivity contribution is -0.114. The molecular formula is C25H26F2O. The predicted molar refractivity (Wildman–Crippen MR) is 110 cm³/mol. The van der Waals surface area contributed by atoms with E-state index in [2.05, 4.69) is 6.58 Å². The predicted octanol–water partition coefficient (Wildman–Crippen LogP) is 6.53. The van der Waals surface area contributed by atoms with Crippen molar-refractivity contribution in [2.45, 2.75) is 51.9 Å². The number of ketones is 1. The number of allylic oxidation sites excluding steroid dienone is 3. The van der Waals surface area contributed by atoms with Gasteiger partial charge in [-0.15, -0.1) is 0 Å². The Hall–Kier alpha value is -2.55. The monoisotopic (exact) mass is 380 g/mol. The van der Waals surface area contributed by atoms with Crippen molar-refractivity contribution in [1.29, 1.82) is 0 Å². The Morgan fingerprint density at radius 3 is 2.50 bits per heavy atom. The van der Waals surface area contributed by atoms with Crippen molar-refractivity contribution in [3.63, 3.8) is 0 Å². The molecule has 28 heavy (non-hydrogen) atoms. The molecule has 0 spiro atoms. The van der Waals surface area contributed by atoms with E-state index in [4.69, 9.17) is 0 Å². The van der Waals surface area contributed by atoms with E-state index in [-0.39, 0.29) is 17.4 Å². The van der Waals surface area contributed by atoms with Gasteiger partial charge in [0.05, 0.1) is 0 Å². The van der Waals surface area contributed by atoms with E-state index in [1.807, 2.05) is 25.1 Å². The summed E-state index contributed by atoms with van der Waals surface area (Å²) in [6, 6.07) is 10.1. The zero-order valence-electron chi connectivity index (χ0n) is 16.4. The SMILES string of the molecule is C=CC(=O)CCc1cc(F)c(CCC2=C(c3ccc(F)cc3)CCC2)cc1C. The Morgan fingerprint density at radius 2 is 1.79 bits per heavy atom. The highest BCUT2D eigenvalue weighted by Crippen LogP contribution is 2.36. The molecule has 0 unspecified atom stereocenters. The van der Waals surface area contributed by atoms with E-state index in [1.165, 1.54) is 29.4 Å². The van der Waals surface area contributed by atoms with Crippen LogP contribution < -0.4 is 0 Å². The molecule has 0 N–H and O–H groups in total. The maximum absolute atomic E-state index is 14.6. The Morgan fingerprint density at radius 1 is 1.04 bits per heavy atom. The highest BCUT2D eigenvalue weighted by molar-refractivity contribution is 5.89. The number of rotatable bonds is 8. The highest BCUT2D eigenvalue weighted by Gasteiger charge is 2.17. The second kappa shape index (κ2) is 9.09. The molecule has 0 atom stereocenters. The van der Waals surface area contributed by atoms with Gasteiger partial charge in [0.25, 0.3) is 0 Å². The molecule has 1 aliphatic carbocycles. The van der Waals surface area contributed by atoms with Gasteiger partial charge in [-0.25, -0.2) is 8.78 Å². The fourth-order valence-corrected chi connectivity index (χ4v) is 3.97. The fourth-order valence-electron chi connectivity index (χ4n) is 3.97. The van der Waals surface area contributed by atoms with E-state index in [1.54, 1.807) is 6.07 Å². The van der Waals surface area contributed by atoms with Gasteiger partial charge in [0.15, 0.2) is 5.78 Å². The van der Waals surface area contributed by atoms with Crippen molar-refractivity contribution in [3.8, 4) is 0 Å². The van der Waals surface area contributed by atoms with Crippen LogP contribution in [0.25, 0.3) is 5.57 Å². The first-order valence-corrected chi connectivity index (χ1v) is 9.88. The molecule has 0 bridgehead atoms. The summed E-state index contributed by atoms with van der Waals surface area (Å²) in [5.74, 6) is -0.449. The van der Waals surface area contributed by atoms with Crippen LogP contribution >= 0.6 is 0 Å². The lowest BCUT2D eigenvalue weighted by atomic mass is 9.94. The second-order valence-electron chi connectivity index (χ2n) is 7.48. The maximum Gasteiger partial charge on any atom is 0.155 e. The highest BCUT2D eigenvalue weighted by atomic mass is 19.1. The molecule has 0 fully saturated rings. The number of hydrogen-bond donors (Lipinski definition) is 0. The van der Waals surface area contributed by atoms with Gasteiger partial charge < -0.3 is 0 Å². The van der Waals surface area contributed by atoms with Crippen LogP contribution in [0.15, 0.2) is 54.6 Å². The summed E-state index contributed by atoms with van der Waals surface area (Å²) in [5.41, 5.74) is 6.33. The number of aryl methyl sites for hydroxylation is 3. The zero-order valence-corrected chi connectivity index (χ0v) is 16.4. The Kier molecular flexibility index (Phi) is 6.56. The zero-order chi connectivity index (χ0) is 20.1. The molecule has 0 aliphatic heterocycles. The number of carbonyl (C=O) groups is 1. The molecule has 0 radical (unpaired) electrons. The first-order valence-electron chi connectivity index (χ1n) is 9.88. The molecule has 1 aliphatic rings. The van der Waals surface area contributed by atoms with Gasteiger partial charge in [0.2, 0.25) is 0 Å². The van der Waals surface area contributed by atoms with Gasteiger partial charge in [-0.1, -0.05) is 30.4 Å². The van der Waals surface area contributed by atoms with Crippen molar-refractivity contribution in [2.75, 3.05) is 0 Å². The topological polar surface area (TPSA) is 17.1 Å². The molecule has 0 heterocycles. The summed E-state index contributed by atoms with van der Waals surface area (Å²) < 4.78 is 27.8. The summed E-state index contributed by atoms with van der Waals surface area (Å²) in [5, 5.41) is 0. The van der Waals surface area contributed by atoms with Crippen molar-refractivity contribution in [1.82, 2.24) is 0 Å². The van der Waals surface area contributed by atoms with Crippen molar-refractivity contribution in [3.05, 3.63) is 88.5 Å². The second-order valence-corrected chi connectivity index (χ2v) is 7.48. The van der Waals surface area contributed by atoms with Gasteiger partial charge in [-0.2, -0.15) is 0 Å². The molecule has 1 nitrogen and oxygen atoms in total. The summed E-state index contributed by atoms with van der Waals surface area (Å²) in [6.07, 6.45) is 6.79. The van der Waals surface area contributed by atoms with Crippen LogP contribution in [0.3, 0.4) is 0 Å². The number of benzene rings is 2. The summed E-state index contributed by atoms with van der Waals surface area (Å²) in [7, 11) is 0. The van der Waals surface area contributed by atoms with Gasteiger partial charge >= 0.3 is 0 Å². The third-order valence-electron chi connectivity index (χ3n) is 5.59. The van der Waals surface area contributed by atoms with E-state index in [9.17, 15) is 13.6 Å². The van der Waals surface area contributed by atoms with Gasteiger partial charge in [-0.3, -0.25) is 4.79 Å². The minimum atomic E-state index is -0.226. The fraction of sp³-hybridized carbons (Fsp3) is 0.320. The average Bonchev–Trinajstić information content (AvgIpc) is 3.16. The molecule has 146 valence electrons. The van der Waals surface area contributed by atoms with E-state index < -0.39 is 0 Å². The van der Waals surface area contributed by atoms with E-state index >= 15 is 0 Å². The van der Waals surface area contributed by atoms with Crippen molar-refractivity contribution >= 4 is 11.4 Å². The Bertz CT molecular complexity index is 907. The van der Waals surface area contributed by atoms with E-state index in [0.29, 0.717) is 24.8 Å². The van der Waals surface area contributed by atoms with Crippen LogP contribution in [0.1, 0.15) is 54.4 Å². The summed E-state index contributed by atoms with van der Waals surface area (Å²) in [6.45, 7) is 5.44. The molecule has 3 rings (SSSR count). The molecule has 0 amide bonds. The van der Waals surface area contributed by atoms with Gasteiger partial charge in [0, 0.05) is 6.42 Å². The van der Waals surface area contributed by atoms with E-state index in [0.717, 1.165) is 42.4 Å². The largest absolute Gasteiger partial charge is 0.295 e. The van der Waals surface area contributed by atoms with Crippen molar-refractivity contribution in [2.24, 2.45) is 0 Å². The third kappa shape index (κ3) is 4.83. The molecule has 3 heteroatoms. The average molecular weight is 380 g/mol. The van der Waals surface area contributed by atoms with Crippen LogP contribution in [-0.2, 0) is 17.6 Å². The van der Waals surface area contributed by atoms with Gasteiger partial charge in [-0.05, 0) is 97.6 Å². The quantitative estimate of drug-likeness (QED) is 0.476. The van der Waals surface area contributed by atoms with Crippen LogP contribution in [0, 0.1) is 18.6 Å². The number of halogens is 2. The Labute approximate surface area is 165 Å². The first-order chi connectivity index (χ1) is 13.5. The molecule has 2 aromatic carbocycles. The molecular weight excluding hydrogens is 354 g/mol. The minimum Gasteiger partial charge on any atom is -0.295 e. The normalized spacial score (nSPS) is 13.8. The standard InChI is InChI=1S/C25H26F2O/c1-3-23(28)14-11-20-16-25(27)21(15-17(20)2)8-7-18-5-4-6-24(18)19-9-12-22(26)13-10-19/h3,9-10,12-13,15-16H,1,4-8,11,14H2,2H3. The summed E-state index contributed by atoms with van der Waals surface area (Å²) in [4.78, 5) is 11.4. The lowest BCUT2D eigenvalue weighted by Crippen LogP contribution is -2.01. The summed E-state index contributed by atoms with van der Waals surface area (Å²) >= 11 is 0. The van der Waals surface area contributed by atoms with Crippen LogP contribution in [-0.4, -0.2) is 5.78 Å². The minimum absolute atomic E-state index is 0.0228. The van der Waals surface area contributed by atoms with Crippen LogP contribution in [0.2, 0.25) is 0 Å². The Balaban J connectivity index is 1.72. The van der Waals surface area contributed by atoms with Gasteiger partial charge in [0.1, 0.15) is 11.6 Å². The number of hydrogen-bond acceptors (Lipinski definition) is 1. The smallest absolute Gasteiger partial charge is 0.155 e.